The van der Waals surface area contributed by atoms with Gasteiger partial charge in [0, 0.05) is 18.3 Å². The molecule has 1 aromatic carbocycles. The molecule has 0 aliphatic heterocycles. The molecule has 1 aliphatic carbocycles. The van der Waals surface area contributed by atoms with Gasteiger partial charge in [0.05, 0.1) is 0 Å². The van der Waals surface area contributed by atoms with Crippen molar-refractivity contribution >= 4 is 11.3 Å². The van der Waals surface area contributed by atoms with E-state index in [1.165, 1.54) is 11.1 Å². The van der Waals surface area contributed by atoms with Gasteiger partial charge >= 0.3 is 0 Å². The molecule has 118 valence electrons. The van der Waals surface area contributed by atoms with Crippen LogP contribution in [0.5, 0.6) is 0 Å². The van der Waals surface area contributed by atoms with Crippen LogP contribution >= 0.6 is 0 Å². The molecular formula is C18H30N2O. The van der Waals surface area contributed by atoms with Gasteiger partial charge in [0.25, 0.3) is 0 Å². The molecule has 5 N–H and O–H groups in total. The molecule has 1 unspecified atom stereocenters. The van der Waals surface area contributed by atoms with Gasteiger partial charge in [-0.2, -0.15) is 0 Å². The lowest BCUT2D eigenvalue weighted by molar-refractivity contribution is 0.176. The van der Waals surface area contributed by atoms with Crippen LogP contribution in [0.15, 0.2) is 30.3 Å². The van der Waals surface area contributed by atoms with Crippen molar-refractivity contribution in [1.82, 2.24) is 0 Å². The molecule has 3 nitrogen and oxygen atoms in total. The van der Waals surface area contributed by atoms with Gasteiger partial charge < -0.3 is 16.6 Å². The normalized spacial score (nSPS) is 22.8. The van der Waals surface area contributed by atoms with Crippen LogP contribution in [-0.2, 0) is 0 Å². The summed E-state index contributed by atoms with van der Waals surface area (Å²) >= 11 is 0. The SMILES string of the molecule is CC1(C)C=C(c2ccc(N)cc2)CC(C)(C)C1N.CCO. The van der Waals surface area contributed by atoms with Crippen molar-refractivity contribution in [3.63, 3.8) is 0 Å². The summed E-state index contributed by atoms with van der Waals surface area (Å²) in [5.41, 5.74) is 15.7. The van der Waals surface area contributed by atoms with E-state index in [1.54, 1.807) is 6.92 Å². The molecule has 2 rings (SSSR count). The number of allylic oxidation sites excluding steroid dienone is 1. The zero-order valence-corrected chi connectivity index (χ0v) is 14.0. The first kappa shape index (κ1) is 17.7. The van der Waals surface area contributed by atoms with Crippen molar-refractivity contribution in [2.45, 2.75) is 47.1 Å². The zero-order valence-electron chi connectivity index (χ0n) is 14.0. The van der Waals surface area contributed by atoms with E-state index in [2.05, 4.69) is 45.9 Å². The predicted molar refractivity (Wildman–Crippen MR) is 91.7 cm³/mol. The molecule has 0 bridgehead atoms. The average molecular weight is 290 g/mol. The smallest absolute Gasteiger partial charge is 0.0402 e. The van der Waals surface area contributed by atoms with Gasteiger partial charge in [-0.15, -0.1) is 0 Å². The Morgan fingerprint density at radius 1 is 1.14 bits per heavy atom. The molecule has 0 heterocycles. The highest BCUT2D eigenvalue weighted by Crippen LogP contribution is 2.46. The molecule has 0 amide bonds. The van der Waals surface area contributed by atoms with Crippen molar-refractivity contribution in [2.75, 3.05) is 12.3 Å². The van der Waals surface area contributed by atoms with Crippen LogP contribution in [-0.4, -0.2) is 17.8 Å². The number of aliphatic hydroxyl groups is 1. The third-order valence-corrected chi connectivity index (χ3v) is 4.12. The molecule has 1 aromatic rings. The van der Waals surface area contributed by atoms with Gasteiger partial charge in [-0.05, 0) is 47.4 Å². The minimum atomic E-state index is 0.0263. The van der Waals surface area contributed by atoms with E-state index in [0.29, 0.717) is 0 Å². The van der Waals surface area contributed by atoms with Crippen LogP contribution in [0.1, 0.15) is 46.6 Å². The maximum absolute atomic E-state index is 7.57. The van der Waals surface area contributed by atoms with E-state index >= 15 is 0 Å². The summed E-state index contributed by atoms with van der Waals surface area (Å²) in [5, 5.41) is 7.57. The van der Waals surface area contributed by atoms with E-state index in [1.807, 2.05) is 12.1 Å². The standard InChI is InChI=1S/C16H24N2.C2H6O/c1-15(2)9-12(10-16(3,4)14(15)18)11-5-7-13(17)8-6-11;1-2-3/h5-9,14H,10,17-18H2,1-4H3;3H,2H2,1H3. The Hall–Kier alpha value is -1.32. The number of hydrogen-bond donors (Lipinski definition) is 3. The second-order valence-corrected chi connectivity index (χ2v) is 7.07. The predicted octanol–water partition coefficient (Wildman–Crippen LogP) is 3.43. The summed E-state index contributed by atoms with van der Waals surface area (Å²) in [6.45, 7) is 10.9. The first-order valence-electron chi connectivity index (χ1n) is 7.58. The average Bonchev–Trinajstić information content (AvgIpc) is 2.37. The lowest BCUT2D eigenvalue weighted by Crippen LogP contribution is -2.49. The van der Waals surface area contributed by atoms with Gasteiger partial charge in [-0.25, -0.2) is 0 Å². The number of hydrogen-bond acceptors (Lipinski definition) is 3. The van der Waals surface area contributed by atoms with Gasteiger partial charge in [-0.3, -0.25) is 0 Å². The lowest BCUT2D eigenvalue weighted by Gasteiger charge is -2.46. The van der Waals surface area contributed by atoms with E-state index < -0.39 is 0 Å². The van der Waals surface area contributed by atoms with Crippen molar-refractivity contribution in [2.24, 2.45) is 16.6 Å². The number of rotatable bonds is 1. The van der Waals surface area contributed by atoms with Crippen LogP contribution in [0.3, 0.4) is 0 Å². The zero-order chi connectivity index (χ0) is 16.3. The number of aliphatic hydroxyl groups excluding tert-OH is 1. The fourth-order valence-electron chi connectivity index (χ4n) is 3.08. The number of anilines is 1. The summed E-state index contributed by atoms with van der Waals surface area (Å²) in [6.07, 6.45) is 3.34. The van der Waals surface area contributed by atoms with Crippen molar-refractivity contribution < 1.29 is 5.11 Å². The fraction of sp³-hybridized carbons (Fsp3) is 0.556. The van der Waals surface area contributed by atoms with E-state index in [-0.39, 0.29) is 23.5 Å². The molecule has 1 atom stereocenters. The van der Waals surface area contributed by atoms with Crippen molar-refractivity contribution in [3.05, 3.63) is 35.9 Å². The van der Waals surface area contributed by atoms with E-state index in [0.717, 1.165) is 12.1 Å². The Morgan fingerprint density at radius 2 is 1.62 bits per heavy atom. The Balaban J connectivity index is 0.000000677. The lowest BCUT2D eigenvalue weighted by atomic mass is 9.62. The number of nitrogens with two attached hydrogens (primary N) is 2. The Morgan fingerprint density at radius 3 is 2.05 bits per heavy atom. The summed E-state index contributed by atoms with van der Waals surface area (Å²) < 4.78 is 0. The summed E-state index contributed by atoms with van der Waals surface area (Å²) in [7, 11) is 0. The Kier molecular flexibility index (Phi) is 5.60. The van der Waals surface area contributed by atoms with Gasteiger partial charge in [0.15, 0.2) is 0 Å². The molecule has 0 spiro atoms. The summed E-state index contributed by atoms with van der Waals surface area (Å²) in [5.74, 6) is 0. The maximum atomic E-state index is 7.57. The second-order valence-electron chi connectivity index (χ2n) is 7.07. The first-order valence-corrected chi connectivity index (χ1v) is 7.58. The minimum absolute atomic E-state index is 0.0263. The summed E-state index contributed by atoms with van der Waals surface area (Å²) in [4.78, 5) is 0. The molecular weight excluding hydrogens is 260 g/mol. The van der Waals surface area contributed by atoms with Crippen LogP contribution < -0.4 is 11.5 Å². The van der Waals surface area contributed by atoms with E-state index in [4.69, 9.17) is 16.6 Å². The Bertz CT molecular complexity index is 486. The Labute approximate surface area is 129 Å². The maximum Gasteiger partial charge on any atom is 0.0402 e. The van der Waals surface area contributed by atoms with Crippen LogP contribution in [0, 0.1) is 10.8 Å². The number of nitrogen functional groups attached to an aromatic ring is 1. The van der Waals surface area contributed by atoms with Crippen LogP contribution in [0.25, 0.3) is 5.57 Å². The van der Waals surface area contributed by atoms with Gasteiger partial charge in [-0.1, -0.05) is 45.9 Å². The third-order valence-electron chi connectivity index (χ3n) is 4.12. The first-order chi connectivity index (χ1) is 9.64. The van der Waals surface area contributed by atoms with Crippen molar-refractivity contribution in [3.8, 4) is 0 Å². The van der Waals surface area contributed by atoms with E-state index in [9.17, 15) is 0 Å². The number of benzene rings is 1. The highest BCUT2D eigenvalue weighted by Gasteiger charge is 2.41. The molecule has 0 saturated carbocycles. The quantitative estimate of drug-likeness (QED) is 0.694. The highest BCUT2D eigenvalue weighted by molar-refractivity contribution is 5.69. The largest absolute Gasteiger partial charge is 0.399 e. The monoisotopic (exact) mass is 290 g/mol. The molecule has 0 saturated heterocycles. The second kappa shape index (κ2) is 6.63. The fourth-order valence-corrected chi connectivity index (χ4v) is 3.08. The molecule has 21 heavy (non-hydrogen) atoms. The van der Waals surface area contributed by atoms with Gasteiger partial charge in [0.1, 0.15) is 0 Å². The summed E-state index contributed by atoms with van der Waals surface area (Å²) in [6, 6.07) is 8.31. The van der Waals surface area contributed by atoms with Gasteiger partial charge in [0.2, 0.25) is 0 Å². The molecule has 0 radical (unpaired) electrons. The molecule has 1 aliphatic rings. The minimum Gasteiger partial charge on any atom is -0.399 e. The molecule has 0 aromatic heterocycles. The topological polar surface area (TPSA) is 72.3 Å². The molecule has 0 fully saturated rings. The highest BCUT2D eigenvalue weighted by atomic mass is 16.2. The molecule has 3 heteroatoms. The van der Waals surface area contributed by atoms with Crippen LogP contribution in [0.4, 0.5) is 5.69 Å². The third kappa shape index (κ3) is 4.32. The van der Waals surface area contributed by atoms with Crippen LogP contribution in [0.2, 0.25) is 0 Å². The van der Waals surface area contributed by atoms with Crippen molar-refractivity contribution in [1.29, 1.82) is 0 Å².